The van der Waals surface area contributed by atoms with Gasteiger partial charge in [0.05, 0.1) is 12.3 Å². The molecule has 0 unspecified atom stereocenters. The van der Waals surface area contributed by atoms with Crippen molar-refractivity contribution in [3.05, 3.63) is 42.1 Å². The highest BCUT2D eigenvalue weighted by Gasteiger charge is 2.02. The first-order valence-electron chi connectivity index (χ1n) is 4.49. The highest BCUT2D eigenvalue weighted by Crippen LogP contribution is 2.19. The zero-order chi connectivity index (χ0) is 9.97. The minimum Gasteiger partial charge on any atom is -0.392 e. The van der Waals surface area contributed by atoms with Gasteiger partial charge in [-0.15, -0.1) is 0 Å². The second kappa shape index (κ2) is 3.64. The monoisotopic (exact) mass is 188 g/mol. The minimum atomic E-state index is 0.0751. The van der Waals surface area contributed by atoms with Gasteiger partial charge in [-0.1, -0.05) is 18.2 Å². The Labute approximate surface area is 82.6 Å². The molecule has 0 aliphatic heterocycles. The van der Waals surface area contributed by atoms with Gasteiger partial charge in [0.1, 0.15) is 0 Å². The van der Waals surface area contributed by atoms with E-state index in [2.05, 4.69) is 5.10 Å². The molecule has 1 heterocycles. The van der Waals surface area contributed by atoms with Gasteiger partial charge >= 0.3 is 0 Å². The van der Waals surface area contributed by atoms with Gasteiger partial charge in [0, 0.05) is 18.8 Å². The third-order valence-electron chi connectivity index (χ3n) is 2.23. The molecular weight excluding hydrogens is 176 g/mol. The Morgan fingerprint density at radius 1 is 1.36 bits per heavy atom. The van der Waals surface area contributed by atoms with Crippen LogP contribution in [-0.4, -0.2) is 14.9 Å². The quantitative estimate of drug-likeness (QED) is 0.777. The predicted molar refractivity (Wildman–Crippen MR) is 54.6 cm³/mol. The summed E-state index contributed by atoms with van der Waals surface area (Å²) >= 11 is 0. The lowest BCUT2D eigenvalue weighted by Gasteiger charge is -2.03. The Hall–Kier alpha value is -1.61. The molecule has 1 aromatic carbocycles. The highest BCUT2D eigenvalue weighted by molar-refractivity contribution is 5.59. The number of hydrogen-bond donors (Lipinski definition) is 1. The fourth-order valence-electron chi connectivity index (χ4n) is 1.49. The summed E-state index contributed by atoms with van der Waals surface area (Å²) in [7, 11) is 1.90. The Kier molecular flexibility index (Phi) is 2.33. The van der Waals surface area contributed by atoms with Crippen molar-refractivity contribution in [3.63, 3.8) is 0 Å². The number of aryl methyl sites for hydroxylation is 1. The average Bonchev–Trinajstić information content (AvgIpc) is 2.65. The smallest absolute Gasteiger partial charge is 0.0682 e. The van der Waals surface area contributed by atoms with Gasteiger partial charge in [-0.2, -0.15) is 5.10 Å². The van der Waals surface area contributed by atoms with Gasteiger partial charge in [0.25, 0.3) is 0 Å². The third-order valence-corrected chi connectivity index (χ3v) is 2.23. The molecule has 0 aliphatic rings. The highest BCUT2D eigenvalue weighted by atomic mass is 16.3. The summed E-state index contributed by atoms with van der Waals surface area (Å²) in [6.07, 6.45) is 1.76. The van der Waals surface area contributed by atoms with Crippen LogP contribution in [-0.2, 0) is 13.7 Å². The fraction of sp³-hybridized carbons (Fsp3) is 0.182. The van der Waals surface area contributed by atoms with Gasteiger partial charge in [-0.05, 0) is 17.7 Å². The van der Waals surface area contributed by atoms with E-state index in [0.29, 0.717) is 0 Å². The maximum absolute atomic E-state index is 9.01. The Balaban J connectivity index is 2.47. The fourth-order valence-corrected chi connectivity index (χ4v) is 1.49. The second-order valence-corrected chi connectivity index (χ2v) is 3.20. The first-order chi connectivity index (χ1) is 6.81. The summed E-state index contributed by atoms with van der Waals surface area (Å²) < 4.78 is 1.82. The number of benzene rings is 1. The molecule has 3 nitrogen and oxygen atoms in total. The van der Waals surface area contributed by atoms with Crippen LogP contribution in [0.2, 0.25) is 0 Å². The maximum Gasteiger partial charge on any atom is 0.0682 e. The van der Waals surface area contributed by atoms with Crippen molar-refractivity contribution in [2.24, 2.45) is 7.05 Å². The summed E-state index contributed by atoms with van der Waals surface area (Å²) in [5.41, 5.74) is 3.06. The molecule has 1 aromatic heterocycles. The topological polar surface area (TPSA) is 38.0 Å². The van der Waals surface area contributed by atoms with Crippen molar-refractivity contribution in [1.29, 1.82) is 0 Å². The zero-order valence-electron chi connectivity index (χ0n) is 8.01. The SMILES string of the molecule is Cn1nccc1-c1cccc(CO)c1. The van der Waals surface area contributed by atoms with Crippen LogP contribution in [0.25, 0.3) is 11.3 Å². The largest absolute Gasteiger partial charge is 0.392 e. The lowest BCUT2D eigenvalue weighted by molar-refractivity contribution is 0.282. The number of aromatic nitrogens is 2. The number of hydrogen-bond acceptors (Lipinski definition) is 2. The molecule has 0 amide bonds. The molecule has 1 N–H and O–H groups in total. The summed E-state index contributed by atoms with van der Waals surface area (Å²) in [6, 6.07) is 9.78. The van der Waals surface area contributed by atoms with Crippen LogP contribution in [0.4, 0.5) is 0 Å². The lowest BCUT2D eigenvalue weighted by atomic mass is 10.1. The molecule has 14 heavy (non-hydrogen) atoms. The van der Waals surface area contributed by atoms with E-state index in [9.17, 15) is 0 Å². The van der Waals surface area contributed by atoms with Crippen LogP contribution in [0.3, 0.4) is 0 Å². The molecule has 0 radical (unpaired) electrons. The maximum atomic E-state index is 9.01. The van der Waals surface area contributed by atoms with Crippen molar-refractivity contribution in [1.82, 2.24) is 9.78 Å². The van der Waals surface area contributed by atoms with Gasteiger partial charge in [0.15, 0.2) is 0 Å². The van der Waals surface area contributed by atoms with Crippen LogP contribution in [0, 0.1) is 0 Å². The number of aliphatic hydroxyl groups excluding tert-OH is 1. The van der Waals surface area contributed by atoms with Crippen LogP contribution < -0.4 is 0 Å². The van der Waals surface area contributed by atoms with Gasteiger partial charge in [0.2, 0.25) is 0 Å². The van der Waals surface area contributed by atoms with Crippen molar-refractivity contribution < 1.29 is 5.11 Å². The second-order valence-electron chi connectivity index (χ2n) is 3.20. The van der Waals surface area contributed by atoms with E-state index in [1.165, 1.54) is 0 Å². The molecule has 2 aromatic rings. The molecule has 0 saturated heterocycles. The first-order valence-corrected chi connectivity index (χ1v) is 4.49. The minimum absolute atomic E-state index is 0.0751. The zero-order valence-corrected chi connectivity index (χ0v) is 8.01. The van der Waals surface area contributed by atoms with Gasteiger partial charge < -0.3 is 5.11 Å². The Morgan fingerprint density at radius 2 is 2.21 bits per heavy atom. The van der Waals surface area contributed by atoms with Crippen LogP contribution in [0.1, 0.15) is 5.56 Å². The molecule has 0 spiro atoms. The summed E-state index contributed by atoms with van der Waals surface area (Å²) in [5.74, 6) is 0. The van der Waals surface area contributed by atoms with Gasteiger partial charge in [-0.3, -0.25) is 4.68 Å². The summed E-state index contributed by atoms with van der Waals surface area (Å²) in [6.45, 7) is 0.0751. The first kappa shape index (κ1) is 8.97. The van der Waals surface area contributed by atoms with E-state index < -0.39 is 0 Å². The molecule has 72 valence electrons. The van der Waals surface area contributed by atoms with Crippen molar-refractivity contribution >= 4 is 0 Å². The van der Waals surface area contributed by atoms with Crippen molar-refractivity contribution in [3.8, 4) is 11.3 Å². The van der Waals surface area contributed by atoms with Crippen LogP contribution in [0.15, 0.2) is 36.5 Å². The predicted octanol–water partition coefficient (Wildman–Crippen LogP) is 1.58. The van der Waals surface area contributed by atoms with Crippen molar-refractivity contribution in [2.45, 2.75) is 6.61 Å². The van der Waals surface area contributed by atoms with Gasteiger partial charge in [-0.25, -0.2) is 0 Å². The van der Waals surface area contributed by atoms with Crippen LogP contribution in [0.5, 0.6) is 0 Å². The number of aliphatic hydroxyl groups is 1. The van der Waals surface area contributed by atoms with E-state index >= 15 is 0 Å². The Bertz CT molecular complexity index is 434. The van der Waals surface area contributed by atoms with E-state index in [0.717, 1.165) is 16.8 Å². The number of rotatable bonds is 2. The van der Waals surface area contributed by atoms with E-state index in [-0.39, 0.29) is 6.61 Å². The van der Waals surface area contributed by atoms with E-state index in [1.807, 2.05) is 42.1 Å². The third kappa shape index (κ3) is 1.54. The summed E-state index contributed by atoms with van der Waals surface area (Å²) in [4.78, 5) is 0. The average molecular weight is 188 g/mol. The summed E-state index contributed by atoms with van der Waals surface area (Å²) in [5, 5.41) is 13.1. The molecule has 0 bridgehead atoms. The lowest BCUT2D eigenvalue weighted by Crippen LogP contribution is -1.93. The number of nitrogens with zero attached hydrogens (tertiary/aromatic N) is 2. The van der Waals surface area contributed by atoms with E-state index in [1.54, 1.807) is 6.20 Å². The van der Waals surface area contributed by atoms with Crippen molar-refractivity contribution in [2.75, 3.05) is 0 Å². The molecule has 0 saturated carbocycles. The molecule has 0 atom stereocenters. The Morgan fingerprint density at radius 3 is 2.86 bits per heavy atom. The molecular formula is C11H12N2O. The molecule has 0 fully saturated rings. The normalized spacial score (nSPS) is 10.4. The van der Waals surface area contributed by atoms with E-state index in [4.69, 9.17) is 5.11 Å². The van der Waals surface area contributed by atoms with Crippen LogP contribution >= 0.6 is 0 Å². The molecule has 2 rings (SSSR count). The standard InChI is InChI=1S/C11H12N2O/c1-13-11(5-6-12-13)10-4-2-3-9(7-10)8-14/h2-7,14H,8H2,1H3. The molecule has 3 heteroatoms. The molecule has 0 aliphatic carbocycles.